The third-order valence-electron chi connectivity index (χ3n) is 2.81. The minimum Gasteiger partial charge on any atom is -0.300 e. The molecule has 2 rings (SSSR count). The van der Waals surface area contributed by atoms with E-state index >= 15 is 0 Å². The summed E-state index contributed by atoms with van der Waals surface area (Å²) in [5, 5.41) is 0. The molecule has 0 aliphatic heterocycles. The van der Waals surface area contributed by atoms with Crippen LogP contribution in [0.2, 0.25) is 0 Å². The summed E-state index contributed by atoms with van der Waals surface area (Å²) >= 11 is 0. The van der Waals surface area contributed by atoms with E-state index in [1.54, 1.807) is 0 Å². The molecule has 1 unspecified atom stereocenters. The van der Waals surface area contributed by atoms with E-state index in [4.69, 9.17) is 0 Å². The zero-order valence-corrected chi connectivity index (χ0v) is 8.50. The van der Waals surface area contributed by atoms with Gasteiger partial charge in [-0.25, -0.2) is 8.78 Å². The molecule has 4 heteroatoms. The molecular formula is C12H10F2O2. The van der Waals surface area contributed by atoms with Crippen LogP contribution in [0.15, 0.2) is 18.2 Å². The van der Waals surface area contributed by atoms with Crippen LogP contribution in [0.3, 0.4) is 0 Å². The van der Waals surface area contributed by atoms with E-state index in [-0.39, 0.29) is 17.8 Å². The minimum atomic E-state index is -0.731. The number of rotatable bonds is 2. The molecule has 1 aromatic rings. The normalized spacial score (nSPS) is 20.1. The van der Waals surface area contributed by atoms with E-state index in [0.29, 0.717) is 12.8 Å². The van der Waals surface area contributed by atoms with Gasteiger partial charge in [0.05, 0.1) is 5.56 Å². The molecule has 0 amide bonds. The molecular weight excluding hydrogens is 214 g/mol. The zero-order chi connectivity index (χ0) is 11.7. The summed E-state index contributed by atoms with van der Waals surface area (Å²) in [5.74, 6) is -2.32. The van der Waals surface area contributed by atoms with Crippen molar-refractivity contribution in [2.24, 2.45) is 5.92 Å². The van der Waals surface area contributed by atoms with Gasteiger partial charge < -0.3 is 0 Å². The molecule has 1 aliphatic carbocycles. The maximum atomic E-state index is 13.3. The molecule has 0 radical (unpaired) electrons. The van der Waals surface area contributed by atoms with Crippen LogP contribution in [0.5, 0.6) is 0 Å². The predicted molar refractivity (Wildman–Crippen MR) is 53.0 cm³/mol. The number of carbonyl (C=O) groups is 2. The van der Waals surface area contributed by atoms with Gasteiger partial charge in [0.25, 0.3) is 0 Å². The van der Waals surface area contributed by atoms with E-state index < -0.39 is 23.3 Å². The fraction of sp³-hybridized carbons (Fsp3) is 0.333. The molecule has 84 valence electrons. The van der Waals surface area contributed by atoms with Crippen molar-refractivity contribution >= 4 is 11.6 Å². The number of hydrogen-bond donors (Lipinski definition) is 0. The second kappa shape index (κ2) is 4.12. The first-order valence-corrected chi connectivity index (χ1v) is 5.09. The Balaban J connectivity index is 2.27. The predicted octanol–water partition coefficient (Wildman–Crippen LogP) is 2.52. The molecule has 1 aromatic carbocycles. The van der Waals surface area contributed by atoms with Gasteiger partial charge in [-0.05, 0) is 24.6 Å². The number of carbonyl (C=O) groups excluding carboxylic acids is 2. The molecule has 0 saturated heterocycles. The molecule has 0 N–H and O–H groups in total. The Kier molecular flexibility index (Phi) is 2.81. The molecule has 0 aromatic heterocycles. The lowest BCUT2D eigenvalue weighted by Crippen LogP contribution is -2.13. The van der Waals surface area contributed by atoms with Gasteiger partial charge in [-0.2, -0.15) is 0 Å². The summed E-state index contributed by atoms with van der Waals surface area (Å²) in [6.45, 7) is 0. The summed E-state index contributed by atoms with van der Waals surface area (Å²) < 4.78 is 26.2. The third kappa shape index (κ3) is 2.01. The van der Waals surface area contributed by atoms with Gasteiger partial charge in [-0.15, -0.1) is 0 Å². The summed E-state index contributed by atoms with van der Waals surface area (Å²) in [4.78, 5) is 22.8. The van der Waals surface area contributed by atoms with Crippen molar-refractivity contribution in [3.8, 4) is 0 Å². The van der Waals surface area contributed by atoms with E-state index in [1.807, 2.05) is 0 Å². The molecule has 0 bridgehead atoms. The SMILES string of the molecule is O=C1CCC(C(=O)c2cc(F)ccc2F)C1. The van der Waals surface area contributed by atoms with Crippen LogP contribution in [-0.4, -0.2) is 11.6 Å². The van der Waals surface area contributed by atoms with Gasteiger partial charge >= 0.3 is 0 Å². The van der Waals surface area contributed by atoms with Crippen molar-refractivity contribution in [1.82, 2.24) is 0 Å². The van der Waals surface area contributed by atoms with Crippen LogP contribution in [0.25, 0.3) is 0 Å². The van der Waals surface area contributed by atoms with Crippen molar-refractivity contribution in [2.45, 2.75) is 19.3 Å². The number of Topliss-reactive ketones (excluding diaryl/α,β-unsaturated/α-hetero) is 2. The largest absolute Gasteiger partial charge is 0.300 e. The standard InChI is InChI=1S/C12H10F2O2/c13-8-2-4-11(14)10(6-8)12(16)7-1-3-9(15)5-7/h2,4,6-7H,1,3,5H2. The summed E-state index contributed by atoms with van der Waals surface area (Å²) in [5.41, 5.74) is -0.250. The fourth-order valence-corrected chi connectivity index (χ4v) is 1.94. The van der Waals surface area contributed by atoms with Crippen LogP contribution >= 0.6 is 0 Å². The first-order valence-electron chi connectivity index (χ1n) is 5.09. The highest BCUT2D eigenvalue weighted by Crippen LogP contribution is 2.26. The monoisotopic (exact) mass is 224 g/mol. The van der Waals surface area contributed by atoms with Crippen LogP contribution in [-0.2, 0) is 4.79 Å². The Morgan fingerprint density at radius 1 is 1.31 bits per heavy atom. The maximum absolute atomic E-state index is 13.3. The first-order chi connectivity index (χ1) is 7.58. The van der Waals surface area contributed by atoms with E-state index in [2.05, 4.69) is 0 Å². The quantitative estimate of drug-likeness (QED) is 0.723. The first kappa shape index (κ1) is 10.9. The topological polar surface area (TPSA) is 34.1 Å². The smallest absolute Gasteiger partial charge is 0.169 e. The van der Waals surface area contributed by atoms with E-state index in [0.717, 1.165) is 18.2 Å². The fourth-order valence-electron chi connectivity index (χ4n) is 1.94. The minimum absolute atomic E-state index is 0.00941. The number of benzene rings is 1. The number of hydrogen-bond acceptors (Lipinski definition) is 2. The molecule has 16 heavy (non-hydrogen) atoms. The van der Waals surface area contributed by atoms with Crippen molar-refractivity contribution in [1.29, 1.82) is 0 Å². The molecule has 2 nitrogen and oxygen atoms in total. The van der Waals surface area contributed by atoms with Gasteiger partial charge in [-0.3, -0.25) is 9.59 Å². The summed E-state index contributed by atoms with van der Waals surface area (Å²) in [6, 6.07) is 2.78. The molecule has 0 heterocycles. The zero-order valence-electron chi connectivity index (χ0n) is 8.50. The average Bonchev–Trinajstić information content (AvgIpc) is 2.67. The summed E-state index contributed by atoms with van der Waals surface area (Å²) in [6.07, 6.45) is 0.940. The van der Waals surface area contributed by atoms with E-state index in [1.165, 1.54) is 0 Å². The lowest BCUT2D eigenvalue weighted by molar-refractivity contribution is -0.117. The van der Waals surface area contributed by atoms with Gasteiger partial charge in [-0.1, -0.05) is 0 Å². The van der Waals surface area contributed by atoms with Crippen molar-refractivity contribution < 1.29 is 18.4 Å². The van der Waals surface area contributed by atoms with Crippen molar-refractivity contribution in [2.75, 3.05) is 0 Å². The molecule has 1 fully saturated rings. The third-order valence-corrected chi connectivity index (χ3v) is 2.81. The van der Waals surface area contributed by atoms with Crippen molar-refractivity contribution in [3.63, 3.8) is 0 Å². The number of ketones is 2. The van der Waals surface area contributed by atoms with Gasteiger partial charge in [0.2, 0.25) is 0 Å². The van der Waals surface area contributed by atoms with Crippen LogP contribution in [0.4, 0.5) is 8.78 Å². The Morgan fingerprint density at radius 3 is 2.69 bits per heavy atom. The highest BCUT2D eigenvalue weighted by atomic mass is 19.1. The molecule has 0 spiro atoms. The Bertz CT molecular complexity index is 454. The van der Waals surface area contributed by atoms with Crippen LogP contribution in [0, 0.1) is 17.6 Å². The van der Waals surface area contributed by atoms with Crippen LogP contribution in [0.1, 0.15) is 29.6 Å². The van der Waals surface area contributed by atoms with Crippen molar-refractivity contribution in [3.05, 3.63) is 35.4 Å². The van der Waals surface area contributed by atoms with E-state index in [9.17, 15) is 18.4 Å². The van der Waals surface area contributed by atoms with Gasteiger partial charge in [0.15, 0.2) is 5.78 Å². The highest BCUT2D eigenvalue weighted by Gasteiger charge is 2.30. The summed E-state index contributed by atoms with van der Waals surface area (Å²) in [7, 11) is 0. The maximum Gasteiger partial charge on any atom is 0.169 e. The lowest BCUT2D eigenvalue weighted by Gasteiger charge is -2.07. The Labute approximate surface area is 91.3 Å². The van der Waals surface area contributed by atoms with Gasteiger partial charge in [0, 0.05) is 18.8 Å². The van der Waals surface area contributed by atoms with Gasteiger partial charge in [0.1, 0.15) is 17.4 Å². The number of halogens is 2. The Morgan fingerprint density at radius 2 is 2.06 bits per heavy atom. The lowest BCUT2D eigenvalue weighted by atomic mass is 9.96. The molecule has 1 atom stereocenters. The second-order valence-corrected chi connectivity index (χ2v) is 3.97. The van der Waals surface area contributed by atoms with Crippen LogP contribution < -0.4 is 0 Å². The second-order valence-electron chi connectivity index (χ2n) is 3.97. The highest BCUT2D eigenvalue weighted by molar-refractivity contribution is 6.01. The average molecular weight is 224 g/mol. The molecule has 1 saturated carbocycles. The molecule has 1 aliphatic rings. The Hall–Kier alpha value is -1.58.